The van der Waals surface area contributed by atoms with E-state index in [0.717, 1.165) is 0 Å². The fourth-order valence-electron chi connectivity index (χ4n) is 1.94. The maximum Gasteiger partial charge on any atom is 0.217 e. The number of hydrogen-bond donors (Lipinski definition) is 0. The van der Waals surface area contributed by atoms with Crippen LogP contribution in [0.1, 0.15) is 19.8 Å². The highest BCUT2D eigenvalue weighted by molar-refractivity contribution is 9.09. The minimum atomic E-state index is -3.35. The van der Waals surface area contributed by atoms with Crippen molar-refractivity contribution in [2.75, 3.05) is 29.9 Å². The van der Waals surface area contributed by atoms with Gasteiger partial charge in [-0.25, -0.2) is 21.1 Å². The number of hydrogen-bond acceptors (Lipinski definition) is 4. The van der Waals surface area contributed by atoms with Crippen LogP contribution in [-0.4, -0.2) is 56.3 Å². The summed E-state index contributed by atoms with van der Waals surface area (Å²) >= 11 is 3.22. The molecule has 0 atom stereocenters. The molecule has 0 aromatic rings. The zero-order chi connectivity index (χ0) is 13.1. The fourth-order valence-corrected chi connectivity index (χ4v) is 6.35. The standard InChI is InChI=1S/C9H18BrNO4S2/c1-2-11(6-5-10)17(14,15)9-3-7-16(12,13)8-4-9/h9H,2-8H2,1H3. The van der Waals surface area contributed by atoms with E-state index >= 15 is 0 Å². The first kappa shape index (κ1) is 15.4. The van der Waals surface area contributed by atoms with E-state index in [-0.39, 0.29) is 24.3 Å². The van der Waals surface area contributed by atoms with Crippen LogP contribution in [0, 0.1) is 0 Å². The molecule has 0 spiro atoms. The number of sulfone groups is 1. The van der Waals surface area contributed by atoms with E-state index < -0.39 is 25.1 Å². The van der Waals surface area contributed by atoms with E-state index in [1.165, 1.54) is 4.31 Å². The highest BCUT2D eigenvalue weighted by Crippen LogP contribution is 2.22. The third kappa shape index (κ3) is 3.90. The Kier molecular flexibility index (Phi) is 5.42. The van der Waals surface area contributed by atoms with Gasteiger partial charge in [-0.05, 0) is 12.8 Å². The summed E-state index contributed by atoms with van der Waals surface area (Å²) in [6.07, 6.45) is 0.451. The van der Waals surface area contributed by atoms with E-state index in [0.29, 0.717) is 18.4 Å². The second-order valence-electron chi connectivity index (χ2n) is 4.08. The zero-order valence-corrected chi connectivity index (χ0v) is 13.0. The summed E-state index contributed by atoms with van der Waals surface area (Å²) in [5.41, 5.74) is 0. The molecule has 0 radical (unpaired) electrons. The summed E-state index contributed by atoms with van der Waals surface area (Å²) in [7, 11) is -6.36. The van der Waals surface area contributed by atoms with Crippen LogP contribution in [-0.2, 0) is 19.9 Å². The Morgan fingerprint density at radius 2 is 1.82 bits per heavy atom. The van der Waals surface area contributed by atoms with Crippen molar-refractivity contribution in [3.05, 3.63) is 0 Å². The average molecular weight is 348 g/mol. The van der Waals surface area contributed by atoms with Crippen molar-refractivity contribution in [2.45, 2.75) is 25.0 Å². The lowest BCUT2D eigenvalue weighted by molar-refractivity contribution is 0.433. The summed E-state index contributed by atoms with van der Waals surface area (Å²) in [5, 5.41) is 0.0514. The lowest BCUT2D eigenvalue weighted by Gasteiger charge is -2.28. The van der Waals surface area contributed by atoms with Crippen molar-refractivity contribution in [3.8, 4) is 0 Å². The third-order valence-corrected chi connectivity index (χ3v) is 7.51. The van der Waals surface area contributed by atoms with Crippen LogP contribution >= 0.6 is 15.9 Å². The molecule has 1 rings (SSSR count). The second kappa shape index (κ2) is 5.99. The smallest absolute Gasteiger partial charge is 0.217 e. The van der Waals surface area contributed by atoms with Crippen LogP contribution in [0.5, 0.6) is 0 Å². The van der Waals surface area contributed by atoms with Gasteiger partial charge in [-0.2, -0.15) is 0 Å². The maximum atomic E-state index is 12.2. The van der Waals surface area contributed by atoms with Crippen molar-refractivity contribution < 1.29 is 16.8 Å². The topological polar surface area (TPSA) is 71.5 Å². The molecule has 0 amide bonds. The molecule has 0 bridgehead atoms. The highest BCUT2D eigenvalue weighted by Gasteiger charge is 2.35. The summed E-state index contributed by atoms with van der Waals surface area (Å²) < 4.78 is 48.4. The lowest BCUT2D eigenvalue weighted by atomic mass is 10.2. The minimum Gasteiger partial charge on any atom is -0.229 e. The predicted octanol–water partition coefficient (Wildman–Crippen LogP) is 0.610. The number of rotatable bonds is 5. The molecule has 1 aliphatic heterocycles. The highest BCUT2D eigenvalue weighted by atomic mass is 79.9. The molecular weight excluding hydrogens is 330 g/mol. The van der Waals surface area contributed by atoms with Gasteiger partial charge in [0.15, 0.2) is 0 Å². The van der Waals surface area contributed by atoms with E-state index in [1.54, 1.807) is 6.92 Å². The zero-order valence-electron chi connectivity index (χ0n) is 9.80. The minimum absolute atomic E-state index is 0.0111. The molecule has 1 fully saturated rings. The van der Waals surface area contributed by atoms with Crippen molar-refractivity contribution in [1.29, 1.82) is 0 Å². The molecule has 0 unspecified atom stereocenters. The quantitative estimate of drug-likeness (QED) is 0.683. The Balaban J connectivity index is 2.78. The second-order valence-corrected chi connectivity index (χ2v) is 9.39. The van der Waals surface area contributed by atoms with Gasteiger partial charge in [-0.15, -0.1) is 0 Å². The first-order valence-electron chi connectivity index (χ1n) is 5.59. The Labute approximate surface area is 112 Å². The fraction of sp³-hybridized carbons (Fsp3) is 1.00. The van der Waals surface area contributed by atoms with Crippen LogP contribution in [0.15, 0.2) is 0 Å². The molecule has 0 saturated carbocycles. The van der Waals surface area contributed by atoms with E-state index in [9.17, 15) is 16.8 Å². The molecule has 102 valence electrons. The summed E-state index contributed by atoms with van der Waals surface area (Å²) in [4.78, 5) is 0. The predicted molar refractivity (Wildman–Crippen MR) is 71.6 cm³/mol. The van der Waals surface area contributed by atoms with Crippen molar-refractivity contribution in [2.24, 2.45) is 0 Å². The SMILES string of the molecule is CCN(CCBr)S(=O)(=O)C1CCS(=O)(=O)CC1. The molecule has 5 nitrogen and oxygen atoms in total. The first-order chi connectivity index (χ1) is 7.83. The van der Waals surface area contributed by atoms with Gasteiger partial charge in [0, 0.05) is 18.4 Å². The van der Waals surface area contributed by atoms with E-state index in [1.807, 2.05) is 0 Å². The normalized spacial score (nSPS) is 21.8. The average Bonchev–Trinajstić information content (AvgIpc) is 2.25. The van der Waals surface area contributed by atoms with Crippen LogP contribution in [0.25, 0.3) is 0 Å². The van der Waals surface area contributed by atoms with Gasteiger partial charge < -0.3 is 0 Å². The number of sulfonamides is 1. The summed E-state index contributed by atoms with van der Waals surface area (Å²) in [5.74, 6) is -0.0223. The number of nitrogens with zero attached hydrogens (tertiary/aromatic N) is 1. The molecule has 0 aliphatic carbocycles. The van der Waals surface area contributed by atoms with Crippen molar-refractivity contribution in [1.82, 2.24) is 4.31 Å². The molecular formula is C9H18BrNO4S2. The maximum absolute atomic E-state index is 12.2. The molecule has 8 heteroatoms. The molecule has 1 heterocycles. The Bertz CT molecular complexity index is 432. The van der Waals surface area contributed by atoms with Crippen molar-refractivity contribution in [3.63, 3.8) is 0 Å². The molecule has 17 heavy (non-hydrogen) atoms. The molecule has 0 aromatic carbocycles. The molecule has 0 N–H and O–H groups in total. The largest absolute Gasteiger partial charge is 0.229 e. The van der Waals surface area contributed by atoms with Gasteiger partial charge in [-0.3, -0.25) is 0 Å². The van der Waals surface area contributed by atoms with Crippen LogP contribution < -0.4 is 0 Å². The molecule has 0 aromatic heterocycles. The van der Waals surface area contributed by atoms with E-state index in [4.69, 9.17) is 0 Å². The van der Waals surface area contributed by atoms with Gasteiger partial charge in [0.1, 0.15) is 9.84 Å². The molecule has 1 aliphatic rings. The van der Waals surface area contributed by atoms with Gasteiger partial charge in [-0.1, -0.05) is 22.9 Å². The first-order valence-corrected chi connectivity index (χ1v) is 10.0. The third-order valence-electron chi connectivity index (χ3n) is 2.97. The van der Waals surface area contributed by atoms with Gasteiger partial charge in [0.05, 0.1) is 16.8 Å². The Morgan fingerprint density at radius 3 is 2.24 bits per heavy atom. The van der Waals surface area contributed by atoms with Crippen LogP contribution in [0.3, 0.4) is 0 Å². The number of halogens is 1. The van der Waals surface area contributed by atoms with Crippen molar-refractivity contribution >= 4 is 35.8 Å². The molecule has 1 saturated heterocycles. The van der Waals surface area contributed by atoms with E-state index in [2.05, 4.69) is 15.9 Å². The van der Waals surface area contributed by atoms with Crippen LogP contribution in [0.2, 0.25) is 0 Å². The monoisotopic (exact) mass is 347 g/mol. The van der Waals surface area contributed by atoms with Gasteiger partial charge in [0.25, 0.3) is 0 Å². The Morgan fingerprint density at radius 1 is 1.29 bits per heavy atom. The Hall–Kier alpha value is 0.340. The van der Waals surface area contributed by atoms with Crippen LogP contribution in [0.4, 0.5) is 0 Å². The van der Waals surface area contributed by atoms with Gasteiger partial charge in [0.2, 0.25) is 10.0 Å². The summed E-state index contributed by atoms with van der Waals surface area (Å²) in [6, 6.07) is 0. The number of alkyl halides is 1. The lowest BCUT2D eigenvalue weighted by Crippen LogP contribution is -2.43. The van der Waals surface area contributed by atoms with Gasteiger partial charge >= 0.3 is 0 Å². The summed E-state index contributed by atoms with van der Waals surface area (Å²) in [6.45, 7) is 2.65.